The van der Waals surface area contributed by atoms with E-state index in [-0.39, 0.29) is 11.9 Å². The summed E-state index contributed by atoms with van der Waals surface area (Å²) < 4.78 is 5.10. The lowest BCUT2D eigenvalue weighted by molar-refractivity contribution is -0.129. The molecule has 3 rings (SSSR count). The molecular formula is C15H18N2O2. The van der Waals surface area contributed by atoms with Gasteiger partial charge in [-0.05, 0) is 18.1 Å². The van der Waals surface area contributed by atoms with E-state index >= 15 is 0 Å². The summed E-state index contributed by atoms with van der Waals surface area (Å²) in [7, 11) is 1.67. The molecule has 19 heavy (non-hydrogen) atoms. The van der Waals surface area contributed by atoms with E-state index in [1.54, 1.807) is 7.11 Å². The van der Waals surface area contributed by atoms with Crippen molar-refractivity contribution in [2.75, 3.05) is 20.3 Å². The van der Waals surface area contributed by atoms with E-state index in [9.17, 15) is 4.79 Å². The monoisotopic (exact) mass is 258 g/mol. The molecule has 0 aliphatic carbocycles. The Morgan fingerprint density at radius 3 is 3.11 bits per heavy atom. The first-order valence-electron chi connectivity index (χ1n) is 6.65. The van der Waals surface area contributed by atoms with E-state index in [2.05, 4.69) is 17.1 Å². The summed E-state index contributed by atoms with van der Waals surface area (Å²) in [5, 5.41) is 1.21. The van der Waals surface area contributed by atoms with Crippen molar-refractivity contribution in [1.29, 1.82) is 0 Å². The predicted molar refractivity (Wildman–Crippen MR) is 73.9 cm³/mol. The molecule has 1 aliphatic heterocycles. The van der Waals surface area contributed by atoms with E-state index in [1.807, 2.05) is 23.2 Å². The molecule has 1 unspecified atom stereocenters. The Hall–Kier alpha value is -1.81. The van der Waals surface area contributed by atoms with Gasteiger partial charge < -0.3 is 14.6 Å². The maximum atomic E-state index is 12.0. The molecule has 4 heteroatoms. The largest absolute Gasteiger partial charge is 0.383 e. The first-order chi connectivity index (χ1) is 9.31. The molecular weight excluding hydrogens is 240 g/mol. The van der Waals surface area contributed by atoms with Crippen molar-refractivity contribution in [3.05, 3.63) is 36.0 Å². The van der Waals surface area contributed by atoms with Crippen molar-refractivity contribution >= 4 is 16.8 Å². The Bertz CT molecular complexity index is 591. The molecule has 4 nitrogen and oxygen atoms in total. The second-order valence-corrected chi connectivity index (χ2v) is 4.92. The van der Waals surface area contributed by atoms with Crippen molar-refractivity contribution in [1.82, 2.24) is 9.88 Å². The van der Waals surface area contributed by atoms with Gasteiger partial charge in [-0.25, -0.2) is 0 Å². The summed E-state index contributed by atoms with van der Waals surface area (Å²) in [6.45, 7) is 1.25. The van der Waals surface area contributed by atoms with Crippen LogP contribution >= 0.6 is 0 Å². The summed E-state index contributed by atoms with van der Waals surface area (Å²) >= 11 is 0. The number of methoxy groups -OCH3 is 1. The second kappa shape index (κ2) is 5.05. The fraction of sp³-hybridized carbons (Fsp3) is 0.400. The standard InChI is InChI=1S/C15H18N2O2/c1-19-9-8-17-14(6-7-15(17)18)12-10-16-13-5-3-2-4-11(12)13/h2-5,10,14,16H,6-9H2,1H3. The lowest BCUT2D eigenvalue weighted by Gasteiger charge is -2.24. The third-order valence-corrected chi connectivity index (χ3v) is 3.84. The van der Waals surface area contributed by atoms with Gasteiger partial charge >= 0.3 is 0 Å². The van der Waals surface area contributed by atoms with Crippen LogP contribution in [0.4, 0.5) is 0 Å². The molecule has 1 aromatic heterocycles. The molecule has 0 saturated carbocycles. The maximum Gasteiger partial charge on any atom is 0.223 e. The van der Waals surface area contributed by atoms with E-state index in [0.29, 0.717) is 19.6 Å². The number of benzene rings is 1. The number of rotatable bonds is 4. The molecule has 1 fully saturated rings. The van der Waals surface area contributed by atoms with Gasteiger partial charge in [0.15, 0.2) is 0 Å². The van der Waals surface area contributed by atoms with Crippen LogP contribution in [0.2, 0.25) is 0 Å². The minimum atomic E-state index is 0.179. The molecule has 1 atom stereocenters. The van der Waals surface area contributed by atoms with Crippen LogP contribution < -0.4 is 0 Å². The third-order valence-electron chi connectivity index (χ3n) is 3.84. The molecule has 1 aliphatic rings. The normalized spacial score (nSPS) is 19.5. The Morgan fingerprint density at radius 1 is 1.42 bits per heavy atom. The highest BCUT2D eigenvalue weighted by atomic mass is 16.5. The topological polar surface area (TPSA) is 45.3 Å². The molecule has 0 spiro atoms. The molecule has 0 radical (unpaired) electrons. The number of nitrogens with one attached hydrogen (secondary N) is 1. The Morgan fingerprint density at radius 2 is 2.26 bits per heavy atom. The van der Waals surface area contributed by atoms with Crippen LogP contribution in [0.15, 0.2) is 30.5 Å². The number of nitrogens with zero attached hydrogens (tertiary/aromatic N) is 1. The van der Waals surface area contributed by atoms with Crippen LogP contribution in [0.1, 0.15) is 24.4 Å². The molecule has 0 bridgehead atoms. The molecule has 1 aromatic carbocycles. The Kier molecular flexibility index (Phi) is 3.25. The minimum Gasteiger partial charge on any atom is -0.383 e. The van der Waals surface area contributed by atoms with Crippen molar-refractivity contribution in [2.24, 2.45) is 0 Å². The van der Waals surface area contributed by atoms with Gasteiger partial charge in [-0.3, -0.25) is 4.79 Å². The van der Waals surface area contributed by atoms with Crippen LogP contribution in [-0.4, -0.2) is 36.1 Å². The number of aromatic amines is 1. The van der Waals surface area contributed by atoms with Gasteiger partial charge in [0, 0.05) is 37.2 Å². The zero-order valence-electron chi connectivity index (χ0n) is 11.1. The van der Waals surface area contributed by atoms with Crippen LogP contribution in [0.5, 0.6) is 0 Å². The first-order valence-corrected chi connectivity index (χ1v) is 6.65. The minimum absolute atomic E-state index is 0.179. The zero-order chi connectivity index (χ0) is 13.2. The van der Waals surface area contributed by atoms with E-state index in [0.717, 1.165) is 11.9 Å². The number of carbonyl (C=O) groups excluding carboxylic acids is 1. The Labute approximate surface area is 112 Å². The number of H-pyrrole nitrogens is 1. The van der Waals surface area contributed by atoms with Gasteiger partial charge in [0.05, 0.1) is 12.6 Å². The van der Waals surface area contributed by atoms with Crippen LogP contribution in [0.3, 0.4) is 0 Å². The molecule has 100 valence electrons. The quantitative estimate of drug-likeness (QED) is 0.915. The van der Waals surface area contributed by atoms with Crippen LogP contribution in [-0.2, 0) is 9.53 Å². The first kappa shape index (κ1) is 12.2. The number of ether oxygens (including phenoxy) is 1. The number of aromatic nitrogens is 1. The highest BCUT2D eigenvalue weighted by molar-refractivity contribution is 5.86. The third kappa shape index (κ3) is 2.12. The molecule has 1 amide bonds. The fourth-order valence-electron chi connectivity index (χ4n) is 2.90. The number of amides is 1. The highest BCUT2D eigenvalue weighted by Crippen LogP contribution is 2.36. The van der Waals surface area contributed by atoms with E-state index in [4.69, 9.17) is 4.74 Å². The summed E-state index contributed by atoms with van der Waals surface area (Å²) in [4.78, 5) is 17.2. The number of carbonyl (C=O) groups is 1. The number of para-hydroxylation sites is 1. The average Bonchev–Trinajstić information content (AvgIpc) is 3.00. The predicted octanol–water partition coefficient (Wildman–Crippen LogP) is 2.48. The fourth-order valence-corrected chi connectivity index (χ4v) is 2.90. The van der Waals surface area contributed by atoms with Crippen molar-refractivity contribution in [3.63, 3.8) is 0 Å². The molecule has 2 heterocycles. The number of likely N-dealkylation sites (tertiary alicyclic amines) is 1. The smallest absolute Gasteiger partial charge is 0.223 e. The van der Waals surface area contributed by atoms with Gasteiger partial charge in [-0.2, -0.15) is 0 Å². The second-order valence-electron chi connectivity index (χ2n) is 4.92. The highest BCUT2D eigenvalue weighted by Gasteiger charge is 2.32. The average molecular weight is 258 g/mol. The van der Waals surface area contributed by atoms with Gasteiger partial charge in [0.2, 0.25) is 5.91 Å². The summed E-state index contributed by atoms with van der Waals surface area (Å²) in [6, 6.07) is 8.41. The number of fused-ring (bicyclic) bond motifs is 1. The molecule has 1 N–H and O–H groups in total. The Balaban J connectivity index is 1.94. The van der Waals surface area contributed by atoms with E-state index < -0.39 is 0 Å². The number of hydrogen-bond acceptors (Lipinski definition) is 2. The zero-order valence-corrected chi connectivity index (χ0v) is 11.1. The summed E-state index contributed by atoms with van der Waals surface area (Å²) in [5.41, 5.74) is 2.35. The van der Waals surface area contributed by atoms with Crippen molar-refractivity contribution < 1.29 is 9.53 Å². The number of hydrogen-bond donors (Lipinski definition) is 1. The summed E-state index contributed by atoms with van der Waals surface area (Å²) in [6.07, 6.45) is 3.56. The van der Waals surface area contributed by atoms with Gasteiger partial charge in [-0.1, -0.05) is 18.2 Å². The SMILES string of the molecule is COCCN1C(=O)CCC1c1c[nH]c2ccccc12. The molecule has 2 aromatic rings. The molecule has 1 saturated heterocycles. The maximum absolute atomic E-state index is 12.0. The van der Waals surface area contributed by atoms with Crippen molar-refractivity contribution in [2.45, 2.75) is 18.9 Å². The lowest BCUT2D eigenvalue weighted by atomic mass is 10.0. The lowest BCUT2D eigenvalue weighted by Crippen LogP contribution is -2.30. The summed E-state index contributed by atoms with van der Waals surface area (Å²) in [5.74, 6) is 0.229. The van der Waals surface area contributed by atoms with Crippen LogP contribution in [0.25, 0.3) is 10.9 Å². The van der Waals surface area contributed by atoms with Crippen LogP contribution in [0, 0.1) is 0 Å². The van der Waals surface area contributed by atoms with Gasteiger partial charge in [0.1, 0.15) is 0 Å². The van der Waals surface area contributed by atoms with Gasteiger partial charge in [0.25, 0.3) is 0 Å². The van der Waals surface area contributed by atoms with Crippen molar-refractivity contribution in [3.8, 4) is 0 Å². The van der Waals surface area contributed by atoms with Gasteiger partial charge in [-0.15, -0.1) is 0 Å². The van der Waals surface area contributed by atoms with E-state index in [1.165, 1.54) is 10.9 Å².